The van der Waals surface area contributed by atoms with Gasteiger partial charge in [0.2, 0.25) is 0 Å². The minimum Gasteiger partial charge on any atom is -0.462 e. The van der Waals surface area contributed by atoms with Crippen LogP contribution in [0.15, 0.2) is 6.07 Å². The van der Waals surface area contributed by atoms with Gasteiger partial charge in [0, 0.05) is 43.8 Å². The van der Waals surface area contributed by atoms with Gasteiger partial charge >= 0.3 is 12.0 Å². The fraction of sp³-hybridized carbons (Fsp3) is 0.550. The summed E-state index contributed by atoms with van der Waals surface area (Å²) in [4.78, 5) is 35.2. The Bertz CT molecular complexity index is 921. The standard InChI is InChI=1S/C20H26N4O4S/c1-2-28-19(26)17-16(14-12-13-4-3-5-15(13)21-18(14)29-17)22-20(27)24-8-6-23(7-9-24)10-11-25/h12,25H,2-11H2,1H3,(H,22,27). The Labute approximate surface area is 173 Å². The molecule has 1 aliphatic heterocycles. The lowest BCUT2D eigenvalue weighted by atomic mass is 10.1. The number of hydrogen-bond donors (Lipinski definition) is 2. The number of thiophene rings is 1. The summed E-state index contributed by atoms with van der Waals surface area (Å²) in [5.74, 6) is -0.432. The largest absolute Gasteiger partial charge is 0.462 e. The average molecular weight is 419 g/mol. The number of nitrogens with one attached hydrogen (secondary N) is 1. The van der Waals surface area contributed by atoms with Gasteiger partial charge in [-0.2, -0.15) is 0 Å². The number of aliphatic hydroxyl groups is 1. The quantitative estimate of drug-likeness (QED) is 0.722. The number of amides is 2. The first-order valence-electron chi connectivity index (χ1n) is 10.1. The van der Waals surface area contributed by atoms with Crippen molar-refractivity contribution in [1.82, 2.24) is 14.8 Å². The van der Waals surface area contributed by atoms with Gasteiger partial charge in [0.05, 0.1) is 18.9 Å². The summed E-state index contributed by atoms with van der Waals surface area (Å²) in [6.07, 6.45) is 3.02. The van der Waals surface area contributed by atoms with Crippen molar-refractivity contribution in [3.05, 3.63) is 22.2 Å². The normalized spacial score (nSPS) is 16.8. The van der Waals surface area contributed by atoms with Crippen molar-refractivity contribution in [1.29, 1.82) is 0 Å². The van der Waals surface area contributed by atoms with Crippen LogP contribution in [0.4, 0.5) is 10.5 Å². The van der Waals surface area contributed by atoms with Crippen molar-refractivity contribution >= 4 is 39.2 Å². The second kappa shape index (κ2) is 8.64. The predicted octanol–water partition coefficient (Wildman–Crippen LogP) is 2.10. The number of piperazine rings is 1. The summed E-state index contributed by atoms with van der Waals surface area (Å²) in [6.45, 7) is 5.38. The minimum absolute atomic E-state index is 0.118. The number of aliphatic hydroxyl groups excluding tert-OH is 1. The Kier molecular flexibility index (Phi) is 5.98. The van der Waals surface area contributed by atoms with Crippen molar-refractivity contribution < 1.29 is 19.4 Å². The van der Waals surface area contributed by atoms with E-state index < -0.39 is 5.97 Å². The van der Waals surface area contributed by atoms with Crippen molar-refractivity contribution in [2.75, 3.05) is 51.3 Å². The molecule has 0 spiro atoms. The molecule has 0 bridgehead atoms. The highest BCUT2D eigenvalue weighted by Gasteiger charge is 2.27. The number of aromatic nitrogens is 1. The third kappa shape index (κ3) is 4.08. The second-order valence-corrected chi connectivity index (χ2v) is 8.31. The molecule has 3 heterocycles. The summed E-state index contributed by atoms with van der Waals surface area (Å²) in [5, 5.41) is 12.9. The number of rotatable bonds is 5. The van der Waals surface area contributed by atoms with Crippen molar-refractivity contribution in [2.45, 2.75) is 26.2 Å². The molecule has 0 radical (unpaired) electrons. The maximum Gasteiger partial charge on any atom is 0.350 e. The summed E-state index contributed by atoms with van der Waals surface area (Å²) >= 11 is 1.28. The molecule has 2 aromatic rings. The molecule has 2 N–H and O–H groups in total. The smallest absolute Gasteiger partial charge is 0.350 e. The maximum atomic E-state index is 12.9. The van der Waals surface area contributed by atoms with E-state index in [1.54, 1.807) is 11.8 Å². The van der Waals surface area contributed by atoms with Gasteiger partial charge in [0.1, 0.15) is 9.71 Å². The maximum absolute atomic E-state index is 12.9. The number of fused-ring (bicyclic) bond motifs is 2. The van der Waals surface area contributed by atoms with Crippen molar-refractivity contribution in [3.8, 4) is 0 Å². The van der Waals surface area contributed by atoms with Gasteiger partial charge < -0.3 is 20.1 Å². The number of carbonyl (C=O) groups is 2. The van der Waals surface area contributed by atoms with E-state index in [9.17, 15) is 9.59 Å². The number of nitrogens with zero attached hydrogens (tertiary/aromatic N) is 3. The van der Waals surface area contributed by atoms with Gasteiger partial charge in [-0.05, 0) is 37.8 Å². The molecular formula is C20H26N4O4S. The van der Waals surface area contributed by atoms with Crippen LogP contribution in [0, 0.1) is 0 Å². The zero-order valence-electron chi connectivity index (χ0n) is 16.6. The van der Waals surface area contributed by atoms with E-state index in [1.807, 2.05) is 0 Å². The molecule has 0 unspecified atom stereocenters. The van der Waals surface area contributed by atoms with Crippen LogP contribution < -0.4 is 5.32 Å². The molecule has 2 amide bonds. The zero-order chi connectivity index (χ0) is 20.4. The van der Waals surface area contributed by atoms with Crippen LogP contribution >= 0.6 is 11.3 Å². The van der Waals surface area contributed by atoms with Crippen LogP contribution in [0.5, 0.6) is 0 Å². The average Bonchev–Trinajstić information content (AvgIpc) is 3.31. The number of pyridine rings is 1. The van der Waals surface area contributed by atoms with E-state index in [2.05, 4.69) is 16.3 Å². The first kappa shape index (κ1) is 20.1. The van der Waals surface area contributed by atoms with Gasteiger partial charge in [-0.3, -0.25) is 4.90 Å². The van der Waals surface area contributed by atoms with E-state index in [0.717, 1.165) is 48.3 Å². The molecule has 0 saturated carbocycles. The Morgan fingerprint density at radius 1 is 1.28 bits per heavy atom. The summed E-state index contributed by atoms with van der Waals surface area (Å²) < 4.78 is 5.22. The van der Waals surface area contributed by atoms with Crippen LogP contribution in [0.1, 0.15) is 34.3 Å². The number of urea groups is 1. The fourth-order valence-corrected chi connectivity index (χ4v) is 4.97. The van der Waals surface area contributed by atoms with E-state index >= 15 is 0 Å². The molecule has 8 nitrogen and oxygen atoms in total. The molecule has 1 aliphatic carbocycles. The van der Waals surface area contributed by atoms with Gasteiger partial charge in [0.15, 0.2) is 0 Å². The first-order chi connectivity index (χ1) is 14.1. The summed E-state index contributed by atoms with van der Waals surface area (Å²) in [6, 6.07) is 1.85. The monoisotopic (exact) mass is 418 g/mol. The minimum atomic E-state index is -0.432. The number of esters is 1. The van der Waals surface area contributed by atoms with Crippen molar-refractivity contribution in [2.24, 2.45) is 0 Å². The van der Waals surface area contributed by atoms with E-state index in [4.69, 9.17) is 14.8 Å². The second-order valence-electron chi connectivity index (χ2n) is 7.31. The molecule has 1 fully saturated rings. The summed E-state index contributed by atoms with van der Waals surface area (Å²) in [7, 11) is 0. The molecule has 0 atom stereocenters. The lowest BCUT2D eigenvalue weighted by Crippen LogP contribution is -2.50. The zero-order valence-corrected chi connectivity index (χ0v) is 17.4. The van der Waals surface area contributed by atoms with Gasteiger partial charge in [-0.1, -0.05) is 0 Å². The van der Waals surface area contributed by atoms with Gasteiger partial charge in [-0.25, -0.2) is 14.6 Å². The number of β-amino-alcohol motifs (C(OH)–C–C–N with tert-alkyl or cyclic N) is 1. The third-order valence-electron chi connectivity index (χ3n) is 5.48. The highest BCUT2D eigenvalue weighted by atomic mass is 32.1. The van der Waals surface area contributed by atoms with Gasteiger partial charge in [0.25, 0.3) is 0 Å². The molecule has 1 saturated heterocycles. The van der Waals surface area contributed by atoms with E-state index in [0.29, 0.717) is 30.2 Å². The summed E-state index contributed by atoms with van der Waals surface area (Å²) in [5.41, 5.74) is 2.79. The van der Waals surface area contributed by atoms with Crippen LogP contribution in [-0.2, 0) is 17.6 Å². The molecule has 156 valence electrons. The third-order valence-corrected chi connectivity index (χ3v) is 6.56. The van der Waals surface area contributed by atoms with Crippen molar-refractivity contribution in [3.63, 3.8) is 0 Å². The molecule has 4 rings (SSSR count). The number of ether oxygens (including phenoxy) is 1. The fourth-order valence-electron chi connectivity index (χ4n) is 3.95. The van der Waals surface area contributed by atoms with Crippen LogP contribution in [0.25, 0.3) is 10.2 Å². The number of anilines is 1. The number of carbonyl (C=O) groups excluding carboxylic acids is 2. The molecule has 2 aliphatic rings. The molecule has 0 aromatic carbocycles. The van der Waals surface area contributed by atoms with Gasteiger partial charge in [-0.15, -0.1) is 11.3 Å². The lowest BCUT2D eigenvalue weighted by Gasteiger charge is -2.34. The van der Waals surface area contributed by atoms with E-state index in [1.165, 1.54) is 16.9 Å². The predicted molar refractivity (Wildman–Crippen MR) is 112 cm³/mol. The Morgan fingerprint density at radius 2 is 2.07 bits per heavy atom. The van der Waals surface area contributed by atoms with Crippen LogP contribution in [0.2, 0.25) is 0 Å². The van der Waals surface area contributed by atoms with Crippen LogP contribution in [0.3, 0.4) is 0 Å². The Hall–Kier alpha value is -2.23. The SMILES string of the molecule is CCOC(=O)c1sc2nc3c(cc2c1NC(=O)N1CCN(CCO)CC1)CCC3. The number of aryl methyl sites for hydroxylation is 2. The molecule has 2 aromatic heterocycles. The first-order valence-corrected chi connectivity index (χ1v) is 10.9. The number of hydrogen-bond acceptors (Lipinski definition) is 7. The molecule has 29 heavy (non-hydrogen) atoms. The topological polar surface area (TPSA) is 95.0 Å². The Morgan fingerprint density at radius 3 is 2.79 bits per heavy atom. The van der Waals surface area contributed by atoms with Crippen LogP contribution in [-0.4, -0.2) is 77.8 Å². The van der Waals surface area contributed by atoms with E-state index in [-0.39, 0.29) is 19.2 Å². The molecular weight excluding hydrogens is 392 g/mol. The Balaban J connectivity index is 1.60. The lowest BCUT2D eigenvalue weighted by molar-refractivity contribution is 0.0533. The highest BCUT2D eigenvalue weighted by molar-refractivity contribution is 7.21. The molecule has 9 heteroatoms. The highest BCUT2D eigenvalue weighted by Crippen LogP contribution is 2.38.